The summed E-state index contributed by atoms with van der Waals surface area (Å²) in [5.41, 5.74) is 3.68. The summed E-state index contributed by atoms with van der Waals surface area (Å²) in [7, 11) is 3.28. The summed E-state index contributed by atoms with van der Waals surface area (Å²) in [6.45, 7) is 1.02. The average molecular weight is 365 g/mol. The Balaban J connectivity index is 1.68. The standard InChI is InChI=1S/C21H20FN3O2/c1-24-11-16(10-23-24)18-13-25(12-15-5-3-4-6-17(15)18)21(26)14-7-8-20(27-2)19(22)9-14/h3-11,18H,12-13H2,1-2H3/t18-/m1/s1. The second-order valence-electron chi connectivity index (χ2n) is 6.73. The zero-order valence-corrected chi connectivity index (χ0v) is 15.2. The first kappa shape index (κ1) is 17.3. The Morgan fingerprint density at radius 2 is 2.07 bits per heavy atom. The third-order valence-electron chi connectivity index (χ3n) is 5.01. The van der Waals surface area contributed by atoms with Crippen molar-refractivity contribution >= 4 is 5.91 Å². The van der Waals surface area contributed by atoms with Crippen LogP contribution in [0.25, 0.3) is 0 Å². The number of benzene rings is 2. The number of amides is 1. The number of methoxy groups -OCH3 is 1. The molecule has 2 aromatic carbocycles. The summed E-state index contributed by atoms with van der Waals surface area (Å²) in [6.07, 6.45) is 3.81. The molecule has 1 aliphatic rings. The third-order valence-corrected chi connectivity index (χ3v) is 5.01. The Kier molecular flexibility index (Phi) is 4.39. The van der Waals surface area contributed by atoms with E-state index in [1.807, 2.05) is 37.6 Å². The minimum absolute atomic E-state index is 0.0377. The molecular weight excluding hydrogens is 345 g/mol. The Hall–Kier alpha value is -3.15. The van der Waals surface area contributed by atoms with Crippen molar-refractivity contribution in [3.8, 4) is 5.75 Å². The summed E-state index contributed by atoms with van der Waals surface area (Å²) in [4.78, 5) is 14.8. The second-order valence-corrected chi connectivity index (χ2v) is 6.73. The van der Waals surface area contributed by atoms with Crippen LogP contribution in [0.15, 0.2) is 54.9 Å². The van der Waals surface area contributed by atoms with Crippen molar-refractivity contribution < 1.29 is 13.9 Å². The van der Waals surface area contributed by atoms with Gasteiger partial charge in [-0.05, 0) is 34.9 Å². The van der Waals surface area contributed by atoms with Crippen molar-refractivity contribution in [2.24, 2.45) is 7.05 Å². The van der Waals surface area contributed by atoms with E-state index in [0.717, 1.165) is 11.1 Å². The van der Waals surface area contributed by atoms with Crippen LogP contribution >= 0.6 is 0 Å². The SMILES string of the molecule is COc1ccc(C(=O)N2Cc3ccccc3[C@@H](c3cnn(C)c3)C2)cc1F. The largest absolute Gasteiger partial charge is 0.494 e. The highest BCUT2D eigenvalue weighted by molar-refractivity contribution is 5.94. The lowest BCUT2D eigenvalue weighted by Gasteiger charge is -2.34. The van der Waals surface area contributed by atoms with Gasteiger partial charge in [0.05, 0.1) is 13.3 Å². The fraction of sp³-hybridized carbons (Fsp3) is 0.238. The molecule has 0 radical (unpaired) electrons. The molecule has 27 heavy (non-hydrogen) atoms. The van der Waals surface area contributed by atoms with Crippen LogP contribution in [0.2, 0.25) is 0 Å². The topological polar surface area (TPSA) is 47.4 Å². The monoisotopic (exact) mass is 365 g/mol. The summed E-state index contributed by atoms with van der Waals surface area (Å²) < 4.78 is 20.8. The summed E-state index contributed by atoms with van der Waals surface area (Å²) in [5, 5.41) is 4.27. The number of hydrogen-bond donors (Lipinski definition) is 0. The highest BCUT2D eigenvalue weighted by atomic mass is 19.1. The molecule has 1 aromatic heterocycles. The van der Waals surface area contributed by atoms with Gasteiger partial charge >= 0.3 is 0 Å². The van der Waals surface area contributed by atoms with Gasteiger partial charge in [-0.3, -0.25) is 9.48 Å². The molecule has 0 saturated heterocycles. The van der Waals surface area contributed by atoms with Gasteiger partial charge in [0.25, 0.3) is 5.91 Å². The van der Waals surface area contributed by atoms with Gasteiger partial charge in [0.1, 0.15) is 0 Å². The molecular formula is C21H20FN3O2. The van der Waals surface area contributed by atoms with E-state index in [1.165, 1.54) is 24.8 Å². The first-order valence-electron chi connectivity index (χ1n) is 8.76. The molecule has 4 rings (SSSR count). The molecule has 0 saturated carbocycles. The second kappa shape index (κ2) is 6.87. The number of fused-ring (bicyclic) bond motifs is 1. The van der Waals surface area contributed by atoms with Crippen LogP contribution in [0.3, 0.4) is 0 Å². The summed E-state index contributed by atoms with van der Waals surface area (Å²) >= 11 is 0. The van der Waals surface area contributed by atoms with E-state index < -0.39 is 5.82 Å². The van der Waals surface area contributed by atoms with Crippen LogP contribution in [-0.4, -0.2) is 34.2 Å². The highest BCUT2D eigenvalue weighted by Gasteiger charge is 2.30. The van der Waals surface area contributed by atoms with Crippen molar-refractivity contribution in [1.29, 1.82) is 0 Å². The third kappa shape index (κ3) is 3.18. The number of rotatable bonds is 3. The lowest BCUT2D eigenvalue weighted by atomic mass is 9.86. The zero-order valence-electron chi connectivity index (χ0n) is 15.2. The fourth-order valence-electron chi connectivity index (χ4n) is 3.65. The van der Waals surface area contributed by atoms with Crippen molar-refractivity contribution in [3.63, 3.8) is 0 Å². The van der Waals surface area contributed by atoms with Gasteiger partial charge in [-0.1, -0.05) is 24.3 Å². The van der Waals surface area contributed by atoms with Crippen LogP contribution in [-0.2, 0) is 13.6 Å². The van der Waals surface area contributed by atoms with E-state index in [9.17, 15) is 9.18 Å². The minimum atomic E-state index is -0.537. The molecule has 0 aliphatic carbocycles. The molecule has 0 bridgehead atoms. The summed E-state index contributed by atoms with van der Waals surface area (Å²) in [6, 6.07) is 12.4. The lowest BCUT2D eigenvalue weighted by molar-refractivity contribution is 0.0724. The molecule has 5 nitrogen and oxygen atoms in total. The van der Waals surface area contributed by atoms with E-state index in [2.05, 4.69) is 11.2 Å². The number of ether oxygens (including phenoxy) is 1. The fourth-order valence-corrected chi connectivity index (χ4v) is 3.65. The Bertz CT molecular complexity index is 999. The predicted molar refractivity (Wildman–Crippen MR) is 99.2 cm³/mol. The normalized spacial score (nSPS) is 16.1. The smallest absolute Gasteiger partial charge is 0.254 e. The molecule has 1 aliphatic heterocycles. The van der Waals surface area contributed by atoms with Crippen molar-refractivity contribution in [1.82, 2.24) is 14.7 Å². The first-order valence-corrected chi connectivity index (χ1v) is 8.76. The predicted octanol–water partition coefficient (Wildman–Crippen LogP) is 3.36. The zero-order chi connectivity index (χ0) is 19.0. The van der Waals surface area contributed by atoms with Crippen molar-refractivity contribution in [2.45, 2.75) is 12.5 Å². The molecule has 0 unspecified atom stereocenters. The maximum absolute atomic E-state index is 14.1. The van der Waals surface area contributed by atoms with E-state index in [1.54, 1.807) is 15.6 Å². The minimum Gasteiger partial charge on any atom is -0.494 e. The van der Waals surface area contributed by atoms with Gasteiger partial charge in [0, 0.05) is 37.8 Å². The molecule has 3 aromatic rings. The van der Waals surface area contributed by atoms with Gasteiger partial charge < -0.3 is 9.64 Å². The quantitative estimate of drug-likeness (QED) is 0.715. The number of halogens is 1. The van der Waals surface area contributed by atoms with Gasteiger partial charge in [-0.2, -0.15) is 5.10 Å². The van der Waals surface area contributed by atoms with Crippen LogP contribution in [0.4, 0.5) is 4.39 Å². The van der Waals surface area contributed by atoms with Gasteiger partial charge in [-0.15, -0.1) is 0 Å². The van der Waals surface area contributed by atoms with Gasteiger partial charge in [0.15, 0.2) is 11.6 Å². The molecule has 2 heterocycles. The number of aryl methyl sites for hydroxylation is 1. The lowest BCUT2D eigenvalue weighted by Crippen LogP contribution is -2.38. The molecule has 138 valence electrons. The van der Waals surface area contributed by atoms with Crippen molar-refractivity contribution in [2.75, 3.05) is 13.7 Å². The van der Waals surface area contributed by atoms with Crippen LogP contribution < -0.4 is 4.74 Å². The number of hydrogen-bond acceptors (Lipinski definition) is 3. The molecule has 6 heteroatoms. The molecule has 0 spiro atoms. The number of carbonyl (C=O) groups excluding carboxylic acids is 1. The maximum Gasteiger partial charge on any atom is 0.254 e. The number of carbonyl (C=O) groups is 1. The Labute approximate surface area is 157 Å². The van der Waals surface area contributed by atoms with E-state index in [4.69, 9.17) is 4.74 Å². The average Bonchev–Trinajstić information content (AvgIpc) is 3.12. The molecule has 1 amide bonds. The highest BCUT2D eigenvalue weighted by Crippen LogP contribution is 2.34. The maximum atomic E-state index is 14.1. The number of aromatic nitrogens is 2. The Morgan fingerprint density at radius 3 is 2.78 bits per heavy atom. The Morgan fingerprint density at radius 1 is 1.26 bits per heavy atom. The van der Waals surface area contributed by atoms with E-state index in [0.29, 0.717) is 18.7 Å². The van der Waals surface area contributed by atoms with E-state index >= 15 is 0 Å². The molecule has 0 fully saturated rings. The van der Waals surface area contributed by atoms with Crippen molar-refractivity contribution in [3.05, 3.63) is 82.9 Å². The summed E-state index contributed by atoms with van der Waals surface area (Å²) in [5.74, 6) is -0.566. The van der Waals surface area contributed by atoms with Crippen LogP contribution in [0.1, 0.15) is 33.0 Å². The van der Waals surface area contributed by atoms with Gasteiger partial charge in [0.2, 0.25) is 0 Å². The number of nitrogens with zero attached hydrogens (tertiary/aromatic N) is 3. The van der Waals surface area contributed by atoms with Gasteiger partial charge in [-0.25, -0.2) is 4.39 Å². The van der Waals surface area contributed by atoms with Crippen LogP contribution in [0, 0.1) is 5.82 Å². The molecule has 0 N–H and O–H groups in total. The first-order chi connectivity index (χ1) is 13.1. The molecule has 1 atom stereocenters. The van der Waals surface area contributed by atoms with E-state index in [-0.39, 0.29) is 17.6 Å². The van der Waals surface area contributed by atoms with Crippen LogP contribution in [0.5, 0.6) is 5.75 Å².